The van der Waals surface area contributed by atoms with Gasteiger partial charge in [0.1, 0.15) is 12.2 Å². The molecule has 3 heterocycles. The molecule has 3 rings (SSSR count). The molecule has 6 atom stereocenters. The number of hydrogen-bond acceptors (Lipinski definition) is 5. The summed E-state index contributed by atoms with van der Waals surface area (Å²) in [4.78, 5) is 24.8. The van der Waals surface area contributed by atoms with E-state index in [0.717, 1.165) is 4.90 Å². The number of fused-ring (bicyclic) bond motifs is 5. The molecule has 0 aliphatic carbocycles. The van der Waals surface area contributed by atoms with Crippen LogP contribution in [0.5, 0.6) is 0 Å². The van der Waals surface area contributed by atoms with Gasteiger partial charge in [-0.25, -0.2) is 0 Å². The zero-order chi connectivity index (χ0) is 11.6. The van der Waals surface area contributed by atoms with Gasteiger partial charge in [0.25, 0.3) is 0 Å². The zero-order valence-corrected chi connectivity index (χ0v) is 12.3. The van der Waals surface area contributed by atoms with Crippen molar-refractivity contribution < 1.29 is 45.2 Å². The molecule has 6 nitrogen and oxygen atoms in total. The van der Waals surface area contributed by atoms with Gasteiger partial charge in [0.2, 0.25) is 11.8 Å². The molecule has 6 unspecified atom stereocenters. The van der Waals surface area contributed by atoms with E-state index in [1.165, 1.54) is 14.2 Å². The van der Waals surface area contributed by atoms with E-state index in [9.17, 15) is 14.7 Å². The maximum Gasteiger partial charge on any atom is 0.235 e. The molecule has 0 aromatic rings. The third-order valence-corrected chi connectivity index (χ3v) is 3.91. The van der Waals surface area contributed by atoms with Crippen molar-refractivity contribution in [3.05, 3.63) is 0 Å². The molecule has 0 aromatic heterocycles. The van der Waals surface area contributed by atoms with E-state index in [2.05, 4.69) is 0 Å². The van der Waals surface area contributed by atoms with Crippen LogP contribution in [-0.2, 0) is 40.1 Å². The number of rotatable bonds is 1. The van der Waals surface area contributed by atoms with Crippen molar-refractivity contribution in [2.75, 3.05) is 14.2 Å². The van der Waals surface area contributed by atoms with Crippen molar-refractivity contribution >= 4 is 11.8 Å². The van der Waals surface area contributed by atoms with Gasteiger partial charge in [0, 0.05) is 35.2 Å². The topological polar surface area (TPSA) is 76.1 Å². The second kappa shape index (κ2) is 4.12. The first-order chi connectivity index (χ1) is 7.57. The molecule has 1 N–H and O–H groups in total. The van der Waals surface area contributed by atoms with Crippen LogP contribution in [0.3, 0.4) is 0 Å². The molecule has 3 aliphatic rings. The molecular weight excluding hydrogens is 398 g/mol. The molecule has 0 radical (unpaired) electrons. The van der Waals surface area contributed by atoms with E-state index >= 15 is 0 Å². The summed E-state index contributed by atoms with van der Waals surface area (Å²) in [5, 5.41) is 9.88. The standard InChI is InChI=1S/C10H13NO5.W/c1-11-9(13)3-4(10(11)14)7-8(15-2)5(12)6(3)16-7;/h3-8,12H,1-2H3;. The second-order valence-electron chi connectivity index (χ2n) is 4.54. The van der Waals surface area contributed by atoms with Crippen LogP contribution in [0.1, 0.15) is 0 Å². The molecule has 3 aliphatic heterocycles. The van der Waals surface area contributed by atoms with Gasteiger partial charge in [-0.1, -0.05) is 0 Å². The van der Waals surface area contributed by atoms with Gasteiger partial charge in [-0.05, 0) is 0 Å². The van der Waals surface area contributed by atoms with Crippen LogP contribution in [0.25, 0.3) is 0 Å². The Morgan fingerprint density at radius 1 is 1.24 bits per heavy atom. The average Bonchev–Trinajstić information content (AvgIpc) is 2.85. The van der Waals surface area contributed by atoms with Crippen molar-refractivity contribution in [2.24, 2.45) is 11.8 Å². The molecule has 3 fully saturated rings. The van der Waals surface area contributed by atoms with E-state index in [-0.39, 0.29) is 32.9 Å². The minimum atomic E-state index is -0.820. The first kappa shape index (κ1) is 13.1. The fraction of sp³-hybridized carbons (Fsp3) is 0.800. The zero-order valence-electron chi connectivity index (χ0n) is 9.40. The Hall–Kier alpha value is -0.292. The van der Waals surface area contributed by atoms with Gasteiger partial charge < -0.3 is 14.6 Å². The largest absolute Gasteiger partial charge is 0.388 e. The maximum atomic E-state index is 11.8. The van der Waals surface area contributed by atoms with Crippen LogP contribution < -0.4 is 0 Å². The van der Waals surface area contributed by atoms with Crippen molar-refractivity contribution in [3.63, 3.8) is 0 Å². The molecular formula is C10H13NO5W. The number of aliphatic hydroxyl groups is 1. The molecule has 2 amide bonds. The fourth-order valence-electron chi connectivity index (χ4n) is 3.13. The number of likely N-dealkylation sites (tertiary alicyclic amines) is 1. The Morgan fingerprint density at radius 3 is 2.29 bits per heavy atom. The van der Waals surface area contributed by atoms with E-state index in [4.69, 9.17) is 9.47 Å². The number of carbonyl (C=O) groups excluding carboxylic acids is 2. The number of carbonyl (C=O) groups is 2. The van der Waals surface area contributed by atoms with E-state index in [1.54, 1.807) is 0 Å². The van der Waals surface area contributed by atoms with Crippen LogP contribution in [0.2, 0.25) is 0 Å². The van der Waals surface area contributed by atoms with Gasteiger partial charge in [-0.2, -0.15) is 0 Å². The van der Waals surface area contributed by atoms with Crippen molar-refractivity contribution in [2.45, 2.75) is 24.4 Å². The summed E-state index contributed by atoms with van der Waals surface area (Å²) < 4.78 is 10.6. The summed E-state index contributed by atoms with van der Waals surface area (Å²) in [5.41, 5.74) is 0. The summed E-state index contributed by atoms with van der Waals surface area (Å²) in [7, 11) is 2.94. The number of ether oxygens (including phenoxy) is 2. The predicted octanol–water partition coefficient (Wildman–Crippen LogP) is -1.63. The van der Waals surface area contributed by atoms with Crippen LogP contribution in [-0.4, -0.2) is 60.4 Å². The monoisotopic (exact) mass is 411 g/mol. The molecule has 0 aromatic carbocycles. The quantitative estimate of drug-likeness (QED) is 0.525. The Bertz CT molecular complexity index is 376. The molecule has 2 bridgehead atoms. The Morgan fingerprint density at radius 2 is 1.76 bits per heavy atom. The van der Waals surface area contributed by atoms with Gasteiger partial charge in [-0.15, -0.1) is 0 Å². The van der Waals surface area contributed by atoms with Gasteiger partial charge >= 0.3 is 0 Å². The third-order valence-electron chi connectivity index (χ3n) is 3.91. The average molecular weight is 411 g/mol. The number of nitrogens with zero attached hydrogens (tertiary/aromatic N) is 1. The van der Waals surface area contributed by atoms with Crippen LogP contribution in [0, 0.1) is 11.8 Å². The first-order valence-corrected chi connectivity index (χ1v) is 5.25. The van der Waals surface area contributed by atoms with Crippen molar-refractivity contribution in [3.8, 4) is 0 Å². The molecule has 0 spiro atoms. The normalized spacial score (nSPS) is 47.4. The number of aliphatic hydroxyl groups excluding tert-OH is 1. The molecule has 0 saturated carbocycles. The summed E-state index contributed by atoms with van der Waals surface area (Å²) in [5.74, 6) is -1.48. The predicted molar refractivity (Wildman–Crippen MR) is 50.2 cm³/mol. The van der Waals surface area contributed by atoms with Gasteiger partial charge in [-0.3, -0.25) is 14.5 Å². The van der Waals surface area contributed by atoms with Crippen LogP contribution in [0.4, 0.5) is 0 Å². The number of hydrogen-bond donors (Lipinski definition) is 1. The summed E-state index contributed by atoms with van der Waals surface area (Å²) in [6.45, 7) is 0. The summed E-state index contributed by atoms with van der Waals surface area (Å²) in [6, 6.07) is 0. The fourth-order valence-corrected chi connectivity index (χ4v) is 3.13. The molecule has 94 valence electrons. The van der Waals surface area contributed by atoms with Gasteiger partial charge in [0.05, 0.1) is 24.0 Å². The third kappa shape index (κ3) is 1.41. The first-order valence-electron chi connectivity index (χ1n) is 5.25. The number of methoxy groups -OCH3 is 1. The van der Waals surface area contributed by atoms with Crippen molar-refractivity contribution in [1.82, 2.24) is 4.90 Å². The Kier molecular flexibility index (Phi) is 3.19. The summed E-state index contributed by atoms with van der Waals surface area (Å²) >= 11 is 0. The number of imide groups is 1. The van der Waals surface area contributed by atoms with E-state index < -0.39 is 36.3 Å². The SMILES string of the molecule is COC1C(O)C2OC1C1C(=O)N(C)C(=O)C21.[W]. The van der Waals surface area contributed by atoms with Crippen LogP contribution in [0.15, 0.2) is 0 Å². The number of amides is 2. The molecule has 17 heavy (non-hydrogen) atoms. The second-order valence-corrected chi connectivity index (χ2v) is 4.54. The minimum Gasteiger partial charge on any atom is -0.388 e. The molecule has 7 heteroatoms. The van der Waals surface area contributed by atoms with E-state index in [0.29, 0.717) is 0 Å². The minimum absolute atomic E-state index is 0. The van der Waals surface area contributed by atoms with Crippen LogP contribution >= 0.6 is 0 Å². The van der Waals surface area contributed by atoms with Gasteiger partial charge in [0.15, 0.2) is 0 Å². The van der Waals surface area contributed by atoms with Crippen molar-refractivity contribution in [1.29, 1.82) is 0 Å². The summed E-state index contributed by atoms with van der Waals surface area (Å²) in [6.07, 6.45) is -2.41. The Balaban J connectivity index is 0.00000108. The smallest absolute Gasteiger partial charge is 0.235 e. The molecule has 3 saturated heterocycles. The maximum absolute atomic E-state index is 11.8. The Labute approximate surface area is 112 Å². The van der Waals surface area contributed by atoms with E-state index in [1.807, 2.05) is 0 Å².